The van der Waals surface area contributed by atoms with Crippen molar-refractivity contribution < 1.29 is 0 Å². The number of benzene rings is 1. The van der Waals surface area contributed by atoms with Crippen LogP contribution in [0.25, 0.3) is 0 Å². The molecule has 30 heavy (non-hydrogen) atoms. The van der Waals surface area contributed by atoms with Crippen LogP contribution in [-0.2, 0) is 6.54 Å². The van der Waals surface area contributed by atoms with Crippen LogP contribution in [0, 0.1) is 6.92 Å². The second-order valence-corrected chi connectivity index (χ2v) is 8.52. The number of rotatable bonds is 6. The van der Waals surface area contributed by atoms with Gasteiger partial charge in [0.05, 0.1) is 18.4 Å². The molecule has 1 saturated carbocycles. The van der Waals surface area contributed by atoms with Crippen molar-refractivity contribution in [3.8, 4) is 0 Å². The van der Waals surface area contributed by atoms with Gasteiger partial charge in [0.15, 0.2) is 5.82 Å². The van der Waals surface area contributed by atoms with Crippen LogP contribution in [0.15, 0.2) is 36.5 Å². The van der Waals surface area contributed by atoms with Gasteiger partial charge < -0.3 is 4.98 Å². The van der Waals surface area contributed by atoms with Crippen molar-refractivity contribution in [1.29, 1.82) is 0 Å². The maximum Gasteiger partial charge on any atom is 0.174 e. The molecule has 3 heterocycles. The van der Waals surface area contributed by atoms with E-state index in [0.717, 1.165) is 43.0 Å². The molecule has 1 aliphatic carbocycles. The number of H-pyrrole nitrogens is 1. The molecule has 2 aliphatic rings. The average Bonchev–Trinajstić information content (AvgIpc) is 3.27. The molecule has 1 atom stereocenters. The Balaban J connectivity index is 1.43. The standard InChI is InChI=1S/C22H30N8/c1-17-23-15-20(24-17)21(29-12-6-11-28(13-14-29)19-9-5-10-19)22-25-26-27-30(22)16-18-7-3-2-4-8-18/h2-4,7-8,15,19,21H,5-6,9-14,16H2,1H3,(H,23,24). The highest BCUT2D eigenvalue weighted by Gasteiger charge is 2.33. The molecule has 0 amide bonds. The van der Waals surface area contributed by atoms with Gasteiger partial charge in [-0.1, -0.05) is 36.8 Å². The Bertz CT molecular complexity index is 945. The SMILES string of the molecule is Cc1ncc(C(c2nnnn2Cc2ccccc2)N2CCCN(C3CCC3)CC2)[nH]1. The third kappa shape index (κ3) is 4.02. The smallest absolute Gasteiger partial charge is 0.174 e. The molecule has 1 unspecified atom stereocenters. The Morgan fingerprint density at radius 3 is 2.67 bits per heavy atom. The summed E-state index contributed by atoms with van der Waals surface area (Å²) in [6.45, 7) is 6.99. The average molecular weight is 407 g/mol. The zero-order valence-corrected chi connectivity index (χ0v) is 17.6. The first kappa shape index (κ1) is 19.4. The lowest BCUT2D eigenvalue weighted by Crippen LogP contribution is -2.42. The summed E-state index contributed by atoms with van der Waals surface area (Å²) in [5, 5.41) is 12.9. The van der Waals surface area contributed by atoms with Crippen molar-refractivity contribution in [2.45, 2.75) is 51.2 Å². The lowest BCUT2D eigenvalue weighted by atomic mass is 9.91. The van der Waals surface area contributed by atoms with Crippen molar-refractivity contribution >= 4 is 0 Å². The third-order valence-electron chi connectivity index (χ3n) is 6.52. The van der Waals surface area contributed by atoms with Gasteiger partial charge in [0.1, 0.15) is 11.9 Å². The number of nitrogens with one attached hydrogen (secondary N) is 1. The molecule has 8 heteroatoms. The van der Waals surface area contributed by atoms with E-state index in [1.165, 1.54) is 37.8 Å². The van der Waals surface area contributed by atoms with E-state index in [1.54, 1.807) is 0 Å². The van der Waals surface area contributed by atoms with Crippen LogP contribution in [0.3, 0.4) is 0 Å². The second-order valence-electron chi connectivity index (χ2n) is 8.52. The zero-order valence-electron chi connectivity index (χ0n) is 17.6. The van der Waals surface area contributed by atoms with Gasteiger partial charge in [-0.05, 0) is 48.7 Å². The number of tetrazole rings is 1. The summed E-state index contributed by atoms with van der Waals surface area (Å²) in [6, 6.07) is 11.1. The molecule has 0 radical (unpaired) electrons. The van der Waals surface area contributed by atoms with E-state index in [9.17, 15) is 0 Å². The molecule has 1 aliphatic heterocycles. The fourth-order valence-corrected chi connectivity index (χ4v) is 4.69. The van der Waals surface area contributed by atoms with Crippen molar-refractivity contribution in [2.75, 3.05) is 26.2 Å². The Labute approximate surface area is 177 Å². The highest BCUT2D eigenvalue weighted by molar-refractivity contribution is 5.19. The van der Waals surface area contributed by atoms with Gasteiger partial charge in [-0.25, -0.2) is 9.67 Å². The fourth-order valence-electron chi connectivity index (χ4n) is 4.69. The summed E-state index contributed by atoms with van der Waals surface area (Å²) >= 11 is 0. The first-order chi connectivity index (χ1) is 14.8. The van der Waals surface area contributed by atoms with Crippen LogP contribution in [0.5, 0.6) is 0 Å². The number of imidazole rings is 1. The Hall–Kier alpha value is -2.58. The second kappa shape index (κ2) is 8.65. The molecular formula is C22H30N8. The van der Waals surface area contributed by atoms with Gasteiger partial charge in [0.25, 0.3) is 0 Å². The van der Waals surface area contributed by atoms with Crippen molar-refractivity contribution in [3.05, 3.63) is 59.4 Å². The van der Waals surface area contributed by atoms with E-state index in [-0.39, 0.29) is 6.04 Å². The van der Waals surface area contributed by atoms with Crippen LogP contribution in [0.2, 0.25) is 0 Å². The topological polar surface area (TPSA) is 78.8 Å². The van der Waals surface area contributed by atoms with E-state index in [1.807, 2.05) is 23.9 Å². The number of aryl methyl sites for hydroxylation is 1. The van der Waals surface area contributed by atoms with Gasteiger partial charge in [0.2, 0.25) is 0 Å². The molecule has 2 fully saturated rings. The molecule has 158 valence electrons. The molecule has 5 rings (SSSR count). The first-order valence-electron chi connectivity index (χ1n) is 11.1. The molecule has 0 spiro atoms. The summed E-state index contributed by atoms with van der Waals surface area (Å²) < 4.78 is 1.94. The minimum Gasteiger partial charge on any atom is -0.344 e. The molecule has 2 aromatic heterocycles. The zero-order chi connectivity index (χ0) is 20.3. The number of nitrogens with zero attached hydrogens (tertiary/aromatic N) is 7. The van der Waals surface area contributed by atoms with Gasteiger partial charge in [-0.15, -0.1) is 5.10 Å². The molecule has 8 nitrogen and oxygen atoms in total. The minimum absolute atomic E-state index is 0.0220. The number of aromatic nitrogens is 6. The van der Waals surface area contributed by atoms with Crippen molar-refractivity contribution in [3.63, 3.8) is 0 Å². The van der Waals surface area contributed by atoms with Crippen molar-refractivity contribution in [2.24, 2.45) is 0 Å². The van der Waals surface area contributed by atoms with Gasteiger partial charge in [-0.3, -0.25) is 9.80 Å². The van der Waals surface area contributed by atoms with E-state index in [2.05, 4.69) is 59.6 Å². The molecule has 3 aromatic rings. The highest BCUT2D eigenvalue weighted by atomic mass is 15.6. The molecule has 0 bridgehead atoms. The maximum absolute atomic E-state index is 4.48. The van der Waals surface area contributed by atoms with Gasteiger partial charge >= 0.3 is 0 Å². The van der Waals surface area contributed by atoms with Crippen molar-refractivity contribution in [1.82, 2.24) is 40.0 Å². The largest absolute Gasteiger partial charge is 0.344 e. The van der Waals surface area contributed by atoms with Crippen LogP contribution < -0.4 is 0 Å². The van der Waals surface area contributed by atoms with E-state index >= 15 is 0 Å². The van der Waals surface area contributed by atoms with E-state index < -0.39 is 0 Å². The Kier molecular flexibility index (Phi) is 5.59. The normalized spacial score (nSPS) is 20.0. The predicted octanol–water partition coefficient (Wildman–Crippen LogP) is 2.40. The summed E-state index contributed by atoms with van der Waals surface area (Å²) in [5.41, 5.74) is 2.26. The highest BCUT2D eigenvalue weighted by Crippen LogP contribution is 2.30. The van der Waals surface area contributed by atoms with Crippen LogP contribution in [-0.4, -0.2) is 72.2 Å². The summed E-state index contributed by atoms with van der Waals surface area (Å²) in [5.74, 6) is 1.79. The Morgan fingerprint density at radius 2 is 1.93 bits per heavy atom. The fraction of sp³-hybridized carbons (Fsp3) is 0.545. The molecule has 1 saturated heterocycles. The van der Waals surface area contributed by atoms with E-state index in [0.29, 0.717) is 6.54 Å². The van der Waals surface area contributed by atoms with Gasteiger partial charge in [-0.2, -0.15) is 0 Å². The first-order valence-corrected chi connectivity index (χ1v) is 11.1. The summed E-state index contributed by atoms with van der Waals surface area (Å²) in [6.07, 6.45) is 7.21. The predicted molar refractivity (Wildman–Crippen MR) is 114 cm³/mol. The quantitative estimate of drug-likeness (QED) is 0.677. The number of hydrogen-bond donors (Lipinski definition) is 1. The maximum atomic E-state index is 4.48. The van der Waals surface area contributed by atoms with Crippen LogP contribution in [0.4, 0.5) is 0 Å². The third-order valence-corrected chi connectivity index (χ3v) is 6.52. The number of aromatic amines is 1. The molecule has 1 N–H and O–H groups in total. The van der Waals surface area contributed by atoms with Crippen LogP contribution >= 0.6 is 0 Å². The molecular weight excluding hydrogens is 376 g/mol. The van der Waals surface area contributed by atoms with Gasteiger partial charge in [0, 0.05) is 25.7 Å². The summed E-state index contributed by atoms with van der Waals surface area (Å²) in [4.78, 5) is 13.1. The van der Waals surface area contributed by atoms with E-state index in [4.69, 9.17) is 0 Å². The minimum atomic E-state index is -0.0220. The summed E-state index contributed by atoms with van der Waals surface area (Å²) in [7, 11) is 0. The monoisotopic (exact) mass is 406 g/mol. The lowest BCUT2D eigenvalue weighted by molar-refractivity contribution is 0.127. The Morgan fingerprint density at radius 1 is 1.07 bits per heavy atom. The number of hydrogen-bond acceptors (Lipinski definition) is 6. The lowest BCUT2D eigenvalue weighted by Gasteiger charge is -2.37. The molecule has 1 aromatic carbocycles. The van der Waals surface area contributed by atoms with Crippen LogP contribution in [0.1, 0.15) is 54.6 Å².